The summed E-state index contributed by atoms with van der Waals surface area (Å²) >= 11 is 0. The van der Waals surface area contributed by atoms with Crippen LogP contribution < -0.4 is 15.4 Å². The number of hydrogen-bond acceptors (Lipinski definition) is 4. The third-order valence-corrected chi connectivity index (χ3v) is 3.96. The van der Waals surface area contributed by atoms with Gasteiger partial charge in [0.2, 0.25) is 0 Å². The van der Waals surface area contributed by atoms with Crippen LogP contribution in [-0.4, -0.2) is 31.8 Å². The largest absolute Gasteiger partial charge is 0.496 e. The number of benzene rings is 1. The van der Waals surface area contributed by atoms with Crippen LogP contribution in [0.1, 0.15) is 28.1 Å². The predicted octanol–water partition coefficient (Wildman–Crippen LogP) is 2.52. The lowest BCUT2D eigenvalue weighted by Gasteiger charge is -2.14. The van der Waals surface area contributed by atoms with Crippen LogP contribution in [0, 0.1) is 20.8 Å². The molecule has 0 spiro atoms. The summed E-state index contributed by atoms with van der Waals surface area (Å²) < 4.78 is 10.6. The Bertz CT molecular complexity index is 688. The third kappa shape index (κ3) is 4.50. The fraction of sp³-hybridized carbons (Fsp3) is 0.444. The van der Waals surface area contributed by atoms with Gasteiger partial charge in [0.05, 0.1) is 12.8 Å². The van der Waals surface area contributed by atoms with Crippen LogP contribution in [0.3, 0.4) is 0 Å². The van der Waals surface area contributed by atoms with Gasteiger partial charge in [-0.2, -0.15) is 0 Å². The summed E-state index contributed by atoms with van der Waals surface area (Å²) in [5.74, 6) is 2.51. The van der Waals surface area contributed by atoms with E-state index in [0.29, 0.717) is 6.54 Å². The van der Waals surface area contributed by atoms with E-state index in [-0.39, 0.29) is 0 Å². The monoisotopic (exact) mass is 330 g/mol. The second-order valence-corrected chi connectivity index (χ2v) is 5.72. The Balaban J connectivity index is 1.87. The van der Waals surface area contributed by atoms with Crippen molar-refractivity contribution >= 4 is 5.96 Å². The van der Waals surface area contributed by atoms with Crippen molar-refractivity contribution in [1.29, 1.82) is 0 Å². The van der Waals surface area contributed by atoms with Gasteiger partial charge in [0, 0.05) is 31.3 Å². The van der Waals surface area contributed by atoms with E-state index in [2.05, 4.69) is 39.8 Å². The van der Waals surface area contributed by atoms with Gasteiger partial charge in [-0.1, -0.05) is 17.3 Å². The molecule has 0 unspecified atom stereocenters. The lowest BCUT2D eigenvalue weighted by Crippen LogP contribution is -2.38. The first-order chi connectivity index (χ1) is 11.5. The van der Waals surface area contributed by atoms with E-state index in [4.69, 9.17) is 9.26 Å². The van der Waals surface area contributed by atoms with Crippen LogP contribution in [0.25, 0.3) is 0 Å². The smallest absolute Gasteiger partial charge is 0.191 e. The van der Waals surface area contributed by atoms with Gasteiger partial charge in [-0.3, -0.25) is 4.99 Å². The lowest BCUT2D eigenvalue weighted by molar-refractivity contribution is 0.392. The summed E-state index contributed by atoms with van der Waals surface area (Å²) in [5.41, 5.74) is 4.37. The Kier molecular flexibility index (Phi) is 6.23. The minimum atomic E-state index is 0.647. The molecule has 0 atom stereocenters. The van der Waals surface area contributed by atoms with Crippen LogP contribution in [-0.2, 0) is 13.0 Å². The molecule has 0 saturated carbocycles. The number of aliphatic imine (C=N–C) groups is 1. The molecular formula is C18H26N4O2. The second-order valence-electron chi connectivity index (χ2n) is 5.72. The number of aromatic nitrogens is 1. The number of nitrogens with zero attached hydrogens (tertiary/aromatic N) is 2. The van der Waals surface area contributed by atoms with Crippen LogP contribution in [0.4, 0.5) is 0 Å². The van der Waals surface area contributed by atoms with E-state index < -0.39 is 0 Å². The first-order valence-electron chi connectivity index (χ1n) is 8.05. The number of aryl methyl sites for hydroxylation is 3. The molecule has 1 heterocycles. The molecule has 6 heteroatoms. The molecule has 0 aliphatic rings. The molecule has 0 bridgehead atoms. The number of rotatable bonds is 6. The predicted molar refractivity (Wildman–Crippen MR) is 95.6 cm³/mol. The Morgan fingerprint density at radius 3 is 2.67 bits per heavy atom. The van der Waals surface area contributed by atoms with E-state index in [1.54, 1.807) is 14.2 Å². The van der Waals surface area contributed by atoms with Crippen molar-refractivity contribution in [2.75, 3.05) is 20.7 Å². The van der Waals surface area contributed by atoms with Crippen LogP contribution >= 0.6 is 0 Å². The van der Waals surface area contributed by atoms with Crippen molar-refractivity contribution in [1.82, 2.24) is 15.8 Å². The van der Waals surface area contributed by atoms with E-state index in [9.17, 15) is 0 Å². The van der Waals surface area contributed by atoms with Gasteiger partial charge in [-0.05, 0) is 38.8 Å². The van der Waals surface area contributed by atoms with Crippen molar-refractivity contribution in [3.05, 3.63) is 46.3 Å². The Morgan fingerprint density at radius 1 is 1.25 bits per heavy atom. The van der Waals surface area contributed by atoms with E-state index in [1.165, 1.54) is 5.56 Å². The van der Waals surface area contributed by atoms with Gasteiger partial charge >= 0.3 is 0 Å². The number of nitrogens with one attached hydrogen (secondary N) is 2. The molecule has 2 aromatic rings. The normalized spacial score (nSPS) is 11.5. The molecule has 0 saturated heterocycles. The minimum absolute atomic E-state index is 0.647. The molecule has 0 radical (unpaired) electrons. The van der Waals surface area contributed by atoms with Crippen molar-refractivity contribution in [2.45, 2.75) is 33.7 Å². The molecule has 0 amide bonds. The molecule has 0 fully saturated rings. The van der Waals surface area contributed by atoms with Crippen molar-refractivity contribution in [2.24, 2.45) is 4.99 Å². The van der Waals surface area contributed by atoms with Crippen LogP contribution in [0.2, 0.25) is 0 Å². The summed E-state index contributed by atoms with van der Waals surface area (Å²) in [7, 11) is 3.45. The van der Waals surface area contributed by atoms with Crippen molar-refractivity contribution in [3.63, 3.8) is 0 Å². The Labute approximate surface area is 143 Å². The fourth-order valence-corrected chi connectivity index (χ4v) is 2.56. The van der Waals surface area contributed by atoms with E-state index >= 15 is 0 Å². The van der Waals surface area contributed by atoms with Crippen LogP contribution in [0.15, 0.2) is 27.7 Å². The van der Waals surface area contributed by atoms with Gasteiger partial charge in [-0.15, -0.1) is 0 Å². The summed E-state index contributed by atoms with van der Waals surface area (Å²) in [5, 5.41) is 10.6. The number of guanidine groups is 1. The highest BCUT2D eigenvalue weighted by atomic mass is 16.5. The second kappa shape index (κ2) is 8.38. The number of ether oxygens (including phenoxy) is 1. The molecule has 24 heavy (non-hydrogen) atoms. The van der Waals surface area contributed by atoms with E-state index in [0.717, 1.165) is 47.3 Å². The Hall–Kier alpha value is -2.50. The zero-order valence-electron chi connectivity index (χ0n) is 15.1. The molecule has 1 aromatic heterocycles. The van der Waals surface area contributed by atoms with Gasteiger partial charge in [0.25, 0.3) is 0 Å². The average Bonchev–Trinajstić information content (AvgIpc) is 2.90. The Morgan fingerprint density at radius 2 is 2.04 bits per heavy atom. The molecular weight excluding hydrogens is 304 g/mol. The maximum atomic E-state index is 5.43. The average molecular weight is 330 g/mol. The summed E-state index contributed by atoms with van der Waals surface area (Å²) in [6.07, 6.45) is 0.843. The maximum absolute atomic E-state index is 5.43. The molecule has 130 valence electrons. The molecule has 1 aromatic carbocycles. The maximum Gasteiger partial charge on any atom is 0.191 e. The van der Waals surface area contributed by atoms with Gasteiger partial charge in [0.15, 0.2) is 5.96 Å². The van der Waals surface area contributed by atoms with Gasteiger partial charge < -0.3 is 19.9 Å². The molecule has 0 aliphatic carbocycles. The zero-order valence-corrected chi connectivity index (χ0v) is 15.1. The SMILES string of the molecule is CN=C(NCCc1c(C)noc1C)NCc1ccc(C)cc1OC. The molecule has 2 rings (SSSR count). The fourth-order valence-electron chi connectivity index (χ4n) is 2.56. The first kappa shape index (κ1) is 17.8. The van der Waals surface area contributed by atoms with Crippen molar-refractivity contribution < 1.29 is 9.26 Å². The van der Waals surface area contributed by atoms with Crippen molar-refractivity contribution in [3.8, 4) is 5.75 Å². The topological polar surface area (TPSA) is 71.7 Å². The minimum Gasteiger partial charge on any atom is -0.496 e. The summed E-state index contributed by atoms with van der Waals surface area (Å²) in [4.78, 5) is 4.25. The summed E-state index contributed by atoms with van der Waals surface area (Å²) in [6, 6.07) is 6.18. The van der Waals surface area contributed by atoms with Crippen LogP contribution in [0.5, 0.6) is 5.75 Å². The zero-order chi connectivity index (χ0) is 17.5. The lowest BCUT2D eigenvalue weighted by atomic mass is 10.1. The molecule has 0 aliphatic heterocycles. The van der Waals surface area contributed by atoms with Gasteiger partial charge in [-0.25, -0.2) is 0 Å². The van der Waals surface area contributed by atoms with E-state index in [1.807, 2.05) is 19.9 Å². The number of hydrogen-bond donors (Lipinski definition) is 2. The summed E-state index contributed by atoms with van der Waals surface area (Å²) in [6.45, 7) is 7.35. The quantitative estimate of drug-likeness (QED) is 0.629. The number of methoxy groups -OCH3 is 1. The highest BCUT2D eigenvalue weighted by molar-refractivity contribution is 5.79. The highest BCUT2D eigenvalue weighted by Crippen LogP contribution is 2.19. The van der Waals surface area contributed by atoms with Gasteiger partial charge in [0.1, 0.15) is 11.5 Å². The standard InChI is InChI=1S/C18H26N4O2/c1-12-6-7-15(17(10-12)23-5)11-21-18(19-4)20-9-8-16-13(2)22-24-14(16)3/h6-7,10H,8-9,11H2,1-5H3,(H2,19,20,21). The molecule has 2 N–H and O–H groups in total. The first-order valence-corrected chi connectivity index (χ1v) is 8.05. The third-order valence-electron chi connectivity index (χ3n) is 3.96. The molecule has 6 nitrogen and oxygen atoms in total. The highest BCUT2D eigenvalue weighted by Gasteiger charge is 2.09.